The van der Waals surface area contributed by atoms with Gasteiger partial charge in [-0.3, -0.25) is 4.79 Å². The van der Waals surface area contributed by atoms with Gasteiger partial charge >= 0.3 is 0 Å². The van der Waals surface area contributed by atoms with Gasteiger partial charge in [0.05, 0.1) is 3.79 Å². The Balaban J connectivity index is 1.98. The number of halogens is 1. The predicted octanol–water partition coefficient (Wildman–Crippen LogP) is 3.87. The van der Waals surface area contributed by atoms with Crippen LogP contribution in [0.25, 0.3) is 6.08 Å². The molecule has 0 aromatic carbocycles. The fourth-order valence-corrected chi connectivity index (χ4v) is 2.67. The minimum atomic E-state index is -0.183. The lowest BCUT2D eigenvalue weighted by atomic mass is 10.3. The van der Waals surface area contributed by atoms with Gasteiger partial charge in [-0.15, -0.1) is 11.3 Å². The molecule has 1 amide bonds. The summed E-state index contributed by atoms with van der Waals surface area (Å²) >= 11 is 4.95. The Morgan fingerprint density at radius 3 is 2.94 bits per heavy atom. The van der Waals surface area contributed by atoms with Gasteiger partial charge in [0.1, 0.15) is 5.82 Å². The van der Waals surface area contributed by atoms with E-state index in [0.29, 0.717) is 5.82 Å². The summed E-state index contributed by atoms with van der Waals surface area (Å²) in [6.45, 7) is 1.95. The summed E-state index contributed by atoms with van der Waals surface area (Å²) in [6, 6.07) is 7.61. The number of thiophene rings is 1. The number of pyridine rings is 1. The van der Waals surface area contributed by atoms with Gasteiger partial charge in [-0.05, 0) is 58.8 Å². The third kappa shape index (κ3) is 3.78. The van der Waals surface area contributed by atoms with Crippen molar-refractivity contribution in [2.75, 3.05) is 5.32 Å². The number of rotatable bonds is 3. The smallest absolute Gasteiger partial charge is 0.249 e. The van der Waals surface area contributed by atoms with Crippen LogP contribution in [0.2, 0.25) is 0 Å². The third-order valence-corrected chi connectivity index (χ3v) is 3.75. The van der Waals surface area contributed by atoms with Crippen LogP contribution in [0.5, 0.6) is 0 Å². The fraction of sp³-hybridized carbons (Fsp3) is 0.0769. The predicted molar refractivity (Wildman–Crippen MR) is 78.7 cm³/mol. The van der Waals surface area contributed by atoms with Gasteiger partial charge in [-0.25, -0.2) is 4.98 Å². The molecule has 0 fully saturated rings. The maximum Gasteiger partial charge on any atom is 0.249 e. The van der Waals surface area contributed by atoms with Gasteiger partial charge in [0, 0.05) is 17.2 Å². The first-order valence-electron chi connectivity index (χ1n) is 5.30. The molecule has 0 atom stereocenters. The first-order valence-corrected chi connectivity index (χ1v) is 6.91. The fourth-order valence-electron chi connectivity index (χ4n) is 1.35. The molecule has 0 aliphatic carbocycles. The zero-order valence-electron chi connectivity index (χ0n) is 9.68. The van der Waals surface area contributed by atoms with E-state index in [1.807, 2.05) is 31.2 Å². The van der Waals surface area contributed by atoms with E-state index in [2.05, 4.69) is 26.2 Å². The van der Waals surface area contributed by atoms with Crippen LogP contribution in [0, 0.1) is 6.92 Å². The first kappa shape index (κ1) is 13.0. The minimum Gasteiger partial charge on any atom is -0.307 e. The maximum atomic E-state index is 11.7. The van der Waals surface area contributed by atoms with Crippen LogP contribution in [-0.4, -0.2) is 10.9 Å². The number of anilines is 1. The second-order valence-corrected chi connectivity index (χ2v) is 6.18. The van der Waals surface area contributed by atoms with Crippen molar-refractivity contribution in [1.29, 1.82) is 0 Å². The Labute approximate surface area is 118 Å². The molecule has 2 aromatic heterocycles. The molecular formula is C13H11BrN2OS. The lowest BCUT2D eigenvalue weighted by Crippen LogP contribution is -2.08. The number of amides is 1. The summed E-state index contributed by atoms with van der Waals surface area (Å²) < 4.78 is 1.04. The largest absolute Gasteiger partial charge is 0.307 e. The zero-order chi connectivity index (χ0) is 13.0. The van der Waals surface area contributed by atoms with Gasteiger partial charge in [0.2, 0.25) is 5.91 Å². The Hall–Kier alpha value is -1.46. The van der Waals surface area contributed by atoms with Gasteiger partial charge in [-0.2, -0.15) is 0 Å². The molecule has 0 aliphatic heterocycles. The molecule has 1 N–H and O–H groups in total. The highest BCUT2D eigenvalue weighted by molar-refractivity contribution is 9.11. The molecular weight excluding hydrogens is 312 g/mol. The number of aromatic nitrogens is 1. The van der Waals surface area contributed by atoms with Crippen molar-refractivity contribution in [1.82, 2.24) is 4.98 Å². The standard InChI is InChI=1S/C13H11BrN2OS/c1-9-6-7-15-12(8-9)16-13(17)5-3-10-2-4-11(14)18-10/h2-8H,1H3,(H,15,16,17)/b5-3+. The van der Waals surface area contributed by atoms with Gasteiger partial charge < -0.3 is 5.32 Å². The molecule has 2 aromatic rings. The van der Waals surface area contributed by atoms with Crippen LogP contribution in [0.1, 0.15) is 10.4 Å². The van der Waals surface area contributed by atoms with E-state index in [1.54, 1.807) is 23.6 Å². The number of hydrogen-bond acceptors (Lipinski definition) is 3. The number of aryl methyl sites for hydroxylation is 1. The van der Waals surface area contributed by atoms with Gasteiger partial charge in [0.25, 0.3) is 0 Å². The van der Waals surface area contributed by atoms with Crippen LogP contribution in [0.3, 0.4) is 0 Å². The number of carbonyl (C=O) groups is 1. The average molecular weight is 323 g/mol. The molecule has 0 radical (unpaired) electrons. The van der Waals surface area contributed by atoms with Crippen molar-refractivity contribution >= 4 is 45.1 Å². The Kier molecular flexibility index (Phi) is 4.28. The molecule has 0 saturated heterocycles. The van der Waals surface area contributed by atoms with E-state index in [9.17, 15) is 4.79 Å². The van der Waals surface area contributed by atoms with Gasteiger partial charge in [0.15, 0.2) is 0 Å². The number of nitrogens with one attached hydrogen (secondary N) is 1. The quantitative estimate of drug-likeness (QED) is 0.872. The summed E-state index contributed by atoms with van der Waals surface area (Å²) in [5, 5.41) is 2.72. The number of nitrogens with zero attached hydrogens (tertiary/aromatic N) is 1. The molecule has 0 aliphatic rings. The third-order valence-electron chi connectivity index (χ3n) is 2.16. The molecule has 0 spiro atoms. The topological polar surface area (TPSA) is 42.0 Å². The molecule has 0 bridgehead atoms. The summed E-state index contributed by atoms with van der Waals surface area (Å²) in [5.41, 5.74) is 1.06. The Morgan fingerprint density at radius 1 is 1.44 bits per heavy atom. The summed E-state index contributed by atoms with van der Waals surface area (Å²) in [6.07, 6.45) is 4.95. The molecule has 92 valence electrons. The van der Waals surface area contributed by atoms with Crippen molar-refractivity contribution in [3.8, 4) is 0 Å². The van der Waals surface area contributed by atoms with Crippen LogP contribution in [-0.2, 0) is 4.79 Å². The second-order valence-electron chi connectivity index (χ2n) is 3.68. The Morgan fingerprint density at radius 2 is 2.28 bits per heavy atom. The van der Waals surface area contributed by atoms with E-state index in [1.165, 1.54) is 6.08 Å². The molecule has 0 unspecified atom stereocenters. The SMILES string of the molecule is Cc1ccnc(NC(=O)/C=C/c2ccc(Br)s2)c1. The summed E-state index contributed by atoms with van der Waals surface area (Å²) in [4.78, 5) is 16.7. The summed E-state index contributed by atoms with van der Waals surface area (Å²) in [5.74, 6) is 0.384. The van der Waals surface area contributed by atoms with Crippen molar-refractivity contribution in [3.63, 3.8) is 0 Å². The molecule has 2 heterocycles. The van der Waals surface area contributed by atoms with Crippen LogP contribution in [0.4, 0.5) is 5.82 Å². The van der Waals surface area contributed by atoms with Crippen molar-refractivity contribution in [2.45, 2.75) is 6.92 Å². The molecule has 2 rings (SSSR count). The maximum absolute atomic E-state index is 11.7. The molecule has 18 heavy (non-hydrogen) atoms. The summed E-state index contributed by atoms with van der Waals surface area (Å²) in [7, 11) is 0. The van der Waals surface area contributed by atoms with E-state index in [0.717, 1.165) is 14.2 Å². The van der Waals surface area contributed by atoms with E-state index < -0.39 is 0 Å². The highest BCUT2D eigenvalue weighted by atomic mass is 79.9. The minimum absolute atomic E-state index is 0.183. The molecule has 5 heteroatoms. The molecule has 3 nitrogen and oxygen atoms in total. The molecule has 0 saturated carbocycles. The lowest BCUT2D eigenvalue weighted by Gasteiger charge is -2.01. The highest BCUT2D eigenvalue weighted by Gasteiger charge is 1.99. The van der Waals surface area contributed by atoms with Gasteiger partial charge in [-0.1, -0.05) is 0 Å². The number of hydrogen-bond donors (Lipinski definition) is 1. The Bertz CT molecular complexity index is 592. The lowest BCUT2D eigenvalue weighted by molar-refractivity contribution is -0.111. The van der Waals surface area contributed by atoms with E-state index in [4.69, 9.17) is 0 Å². The van der Waals surface area contributed by atoms with E-state index >= 15 is 0 Å². The van der Waals surface area contributed by atoms with Crippen molar-refractivity contribution in [3.05, 3.63) is 50.8 Å². The zero-order valence-corrected chi connectivity index (χ0v) is 12.1. The van der Waals surface area contributed by atoms with E-state index in [-0.39, 0.29) is 5.91 Å². The van der Waals surface area contributed by atoms with Crippen LogP contribution < -0.4 is 5.32 Å². The van der Waals surface area contributed by atoms with Crippen molar-refractivity contribution < 1.29 is 4.79 Å². The normalized spacial score (nSPS) is 10.8. The monoisotopic (exact) mass is 322 g/mol. The highest BCUT2D eigenvalue weighted by Crippen LogP contribution is 2.22. The first-order chi connectivity index (χ1) is 8.63. The number of carbonyl (C=O) groups excluding carboxylic acids is 1. The van der Waals surface area contributed by atoms with Crippen molar-refractivity contribution in [2.24, 2.45) is 0 Å². The van der Waals surface area contributed by atoms with Crippen LogP contribution >= 0.6 is 27.3 Å². The van der Waals surface area contributed by atoms with Crippen LogP contribution in [0.15, 0.2) is 40.3 Å². The second kappa shape index (κ2) is 5.93. The average Bonchev–Trinajstić information content (AvgIpc) is 2.73.